The average Bonchev–Trinajstić information content (AvgIpc) is 2.69. The van der Waals surface area contributed by atoms with E-state index in [1.807, 2.05) is 6.07 Å². The van der Waals surface area contributed by atoms with Gasteiger partial charge in [0.25, 0.3) is 0 Å². The maximum Gasteiger partial charge on any atom is 0.240 e. The number of rotatable bonds is 8. The molecule has 0 aliphatic carbocycles. The van der Waals surface area contributed by atoms with Gasteiger partial charge in [-0.25, -0.2) is 12.8 Å². The molecule has 1 amide bonds. The Morgan fingerprint density at radius 3 is 2.62 bits per heavy atom. The monoisotopic (exact) mass is 419 g/mol. The number of nitrogens with one attached hydrogen (secondary N) is 1. The van der Waals surface area contributed by atoms with Gasteiger partial charge in [-0.2, -0.15) is 0 Å². The molecule has 1 N–H and O–H groups in total. The number of benzene rings is 2. The van der Waals surface area contributed by atoms with Crippen molar-refractivity contribution < 1.29 is 17.6 Å². The lowest BCUT2D eigenvalue weighted by Crippen LogP contribution is -2.41. The van der Waals surface area contributed by atoms with E-state index in [0.29, 0.717) is 6.54 Å². The number of hydrogen-bond donors (Lipinski definition) is 1. The van der Waals surface area contributed by atoms with Crippen molar-refractivity contribution in [2.75, 3.05) is 41.6 Å². The van der Waals surface area contributed by atoms with Gasteiger partial charge in [0.1, 0.15) is 12.4 Å². The van der Waals surface area contributed by atoms with E-state index in [2.05, 4.69) is 28.4 Å². The minimum absolute atomic E-state index is 0.258. The van der Waals surface area contributed by atoms with Crippen molar-refractivity contribution >= 4 is 27.3 Å². The number of amides is 1. The van der Waals surface area contributed by atoms with Gasteiger partial charge in [-0.15, -0.1) is 0 Å². The van der Waals surface area contributed by atoms with Crippen molar-refractivity contribution in [3.8, 4) is 0 Å². The van der Waals surface area contributed by atoms with E-state index in [4.69, 9.17) is 0 Å². The molecule has 1 aliphatic rings. The van der Waals surface area contributed by atoms with E-state index in [-0.39, 0.29) is 12.2 Å². The third-order valence-corrected chi connectivity index (χ3v) is 6.08. The van der Waals surface area contributed by atoms with E-state index in [1.54, 1.807) is 0 Å². The predicted molar refractivity (Wildman–Crippen MR) is 113 cm³/mol. The Balaban J connectivity index is 1.51. The van der Waals surface area contributed by atoms with Crippen LogP contribution >= 0.6 is 0 Å². The first-order valence-electron chi connectivity index (χ1n) is 9.67. The Hall–Kier alpha value is -2.61. The van der Waals surface area contributed by atoms with Gasteiger partial charge in [0, 0.05) is 25.3 Å². The molecule has 0 spiro atoms. The average molecular weight is 420 g/mol. The fraction of sp³-hybridized carbons (Fsp3) is 0.381. The molecule has 1 aliphatic heterocycles. The number of para-hydroxylation sites is 1. The molecular formula is C21H26FN3O3S. The Bertz CT molecular complexity index is 948. The van der Waals surface area contributed by atoms with Gasteiger partial charge in [0.15, 0.2) is 0 Å². The summed E-state index contributed by atoms with van der Waals surface area (Å²) in [7, 11) is -3.67. The van der Waals surface area contributed by atoms with Crippen molar-refractivity contribution in [1.29, 1.82) is 0 Å². The summed E-state index contributed by atoms with van der Waals surface area (Å²) in [4.78, 5) is 14.6. The second-order valence-corrected chi connectivity index (χ2v) is 9.08. The zero-order chi connectivity index (χ0) is 20.9. The molecule has 156 valence electrons. The quantitative estimate of drug-likeness (QED) is 0.668. The molecule has 1 heterocycles. The first kappa shape index (κ1) is 21.1. The van der Waals surface area contributed by atoms with Crippen LogP contribution in [0, 0.1) is 5.82 Å². The van der Waals surface area contributed by atoms with Crippen LogP contribution in [0.15, 0.2) is 48.5 Å². The largest absolute Gasteiger partial charge is 0.371 e. The number of carbonyl (C=O) groups excluding carboxylic acids is 1. The minimum Gasteiger partial charge on any atom is -0.371 e. The summed E-state index contributed by atoms with van der Waals surface area (Å²) in [6.07, 6.45) is 3.99. The summed E-state index contributed by atoms with van der Waals surface area (Å²) in [6, 6.07) is 13.4. The van der Waals surface area contributed by atoms with Crippen molar-refractivity contribution in [2.45, 2.75) is 19.3 Å². The molecule has 8 heteroatoms. The van der Waals surface area contributed by atoms with Crippen LogP contribution in [0.3, 0.4) is 0 Å². The van der Waals surface area contributed by atoms with Gasteiger partial charge < -0.3 is 10.2 Å². The zero-order valence-electron chi connectivity index (χ0n) is 16.5. The number of aryl methyl sites for hydroxylation is 1. The zero-order valence-corrected chi connectivity index (χ0v) is 17.3. The van der Waals surface area contributed by atoms with Crippen LogP contribution in [-0.2, 0) is 21.2 Å². The van der Waals surface area contributed by atoms with Gasteiger partial charge in [-0.1, -0.05) is 18.2 Å². The summed E-state index contributed by atoms with van der Waals surface area (Å²) in [6.45, 7) is 1.94. The van der Waals surface area contributed by atoms with Crippen molar-refractivity contribution in [3.05, 3.63) is 59.9 Å². The van der Waals surface area contributed by atoms with Crippen LogP contribution in [0.25, 0.3) is 0 Å². The molecule has 3 rings (SSSR count). The third-order valence-electron chi connectivity index (χ3n) is 4.94. The molecular weight excluding hydrogens is 393 g/mol. The van der Waals surface area contributed by atoms with Gasteiger partial charge in [-0.3, -0.25) is 9.10 Å². The number of sulfonamides is 1. The van der Waals surface area contributed by atoms with Crippen molar-refractivity contribution in [1.82, 2.24) is 5.32 Å². The molecule has 0 fully saturated rings. The second-order valence-electron chi connectivity index (χ2n) is 7.17. The lowest BCUT2D eigenvalue weighted by Gasteiger charge is -2.31. The van der Waals surface area contributed by atoms with E-state index in [1.165, 1.54) is 35.5 Å². The lowest BCUT2D eigenvalue weighted by molar-refractivity contribution is -0.119. The number of nitrogens with zero attached hydrogens (tertiary/aromatic N) is 2. The van der Waals surface area contributed by atoms with E-state index in [0.717, 1.165) is 42.9 Å². The Morgan fingerprint density at radius 2 is 1.90 bits per heavy atom. The number of fused-ring (bicyclic) bond motifs is 1. The third kappa shape index (κ3) is 5.69. The molecule has 0 unspecified atom stereocenters. The predicted octanol–water partition coefficient (Wildman–Crippen LogP) is 2.55. The Morgan fingerprint density at radius 1 is 1.17 bits per heavy atom. The molecule has 29 heavy (non-hydrogen) atoms. The maximum atomic E-state index is 13.1. The molecule has 0 aromatic heterocycles. The molecule has 0 radical (unpaired) electrons. The van der Waals surface area contributed by atoms with Crippen LogP contribution in [0.1, 0.15) is 18.4 Å². The smallest absolute Gasteiger partial charge is 0.240 e. The van der Waals surface area contributed by atoms with Gasteiger partial charge in [0.05, 0.1) is 11.9 Å². The van der Waals surface area contributed by atoms with Crippen LogP contribution in [0.4, 0.5) is 15.8 Å². The fourth-order valence-corrected chi connectivity index (χ4v) is 4.39. The molecule has 0 saturated carbocycles. The highest BCUT2D eigenvalue weighted by atomic mass is 32.2. The lowest BCUT2D eigenvalue weighted by atomic mass is 10.0. The summed E-state index contributed by atoms with van der Waals surface area (Å²) in [5, 5.41) is 2.78. The van der Waals surface area contributed by atoms with Gasteiger partial charge >= 0.3 is 0 Å². The summed E-state index contributed by atoms with van der Waals surface area (Å²) < 4.78 is 38.2. The number of anilines is 2. The first-order chi connectivity index (χ1) is 13.8. The number of halogens is 1. The summed E-state index contributed by atoms with van der Waals surface area (Å²) in [5.74, 6) is -0.857. The molecule has 6 nitrogen and oxygen atoms in total. The van der Waals surface area contributed by atoms with Crippen LogP contribution < -0.4 is 14.5 Å². The molecule has 0 atom stereocenters. The number of carbonyl (C=O) groups is 1. The summed E-state index contributed by atoms with van der Waals surface area (Å²) >= 11 is 0. The van der Waals surface area contributed by atoms with E-state index < -0.39 is 21.7 Å². The standard InChI is InChI=1S/C21H26FN3O3S/c1-29(27,28)25(19-11-9-18(22)10-12-19)16-21(26)23-13-5-15-24-14-4-7-17-6-2-3-8-20(17)24/h2-3,6,8-12H,4-5,7,13-16H2,1H3,(H,23,26). The van der Waals surface area contributed by atoms with Crippen LogP contribution in [0.5, 0.6) is 0 Å². The van der Waals surface area contributed by atoms with E-state index in [9.17, 15) is 17.6 Å². The Labute approximate surface area is 171 Å². The summed E-state index contributed by atoms with van der Waals surface area (Å²) in [5.41, 5.74) is 2.87. The SMILES string of the molecule is CS(=O)(=O)N(CC(=O)NCCCN1CCCc2ccccc21)c1ccc(F)cc1. The minimum atomic E-state index is -3.67. The highest BCUT2D eigenvalue weighted by molar-refractivity contribution is 7.92. The molecule has 0 bridgehead atoms. The van der Waals surface area contributed by atoms with Gasteiger partial charge in [0.2, 0.25) is 15.9 Å². The Kier molecular flexibility index (Phi) is 6.74. The fourth-order valence-electron chi connectivity index (χ4n) is 3.54. The topological polar surface area (TPSA) is 69.7 Å². The maximum absolute atomic E-state index is 13.1. The first-order valence-corrected chi connectivity index (χ1v) is 11.5. The normalized spacial score (nSPS) is 13.7. The molecule has 2 aromatic carbocycles. The second kappa shape index (κ2) is 9.26. The highest BCUT2D eigenvalue weighted by Crippen LogP contribution is 2.26. The molecule has 2 aromatic rings. The highest BCUT2D eigenvalue weighted by Gasteiger charge is 2.21. The van der Waals surface area contributed by atoms with Crippen molar-refractivity contribution in [2.24, 2.45) is 0 Å². The van der Waals surface area contributed by atoms with Gasteiger partial charge in [-0.05, 0) is 55.2 Å². The van der Waals surface area contributed by atoms with Crippen LogP contribution in [-0.4, -0.2) is 46.8 Å². The van der Waals surface area contributed by atoms with Crippen LogP contribution in [0.2, 0.25) is 0 Å². The number of hydrogen-bond acceptors (Lipinski definition) is 4. The van der Waals surface area contributed by atoms with Crippen molar-refractivity contribution in [3.63, 3.8) is 0 Å². The molecule has 0 saturated heterocycles. The van der Waals surface area contributed by atoms with E-state index >= 15 is 0 Å².